The predicted molar refractivity (Wildman–Crippen MR) is 74.2 cm³/mol. The first-order valence-electron chi connectivity index (χ1n) is 7.75. The van der Waals surface area contributed by atoms with E-state index in [9.17, 15) is 14.7 Å². The van der Waals surface area contributed by atoms with Crippen molar-refractivity contribution >= 4 is 11.9 Å². The molecule has 2 N–H and O–H groups in total. The second kappa shape index (κ2) is 7.07. The number of ether oxygens (including phenoxy) is 1. The van der Waals surface area contributed by atoms with Crippen LogP contribution in [0.4, 0.5) is 0 Å². The van der Waals surface area contributed by atoms with Crippen LogP contribution in [0.5, 0.6) is 0 Å². The Morgan fingerprint density at radius 1 is 1.20 bits per heavy atom. The maximum Gasteiger partial charge on any atom is 0.307 e. The van der Waals surface area contributed by atoms with Crippen molar-refractivity contribution < 1.29 is 19.4 Å². The van der Waals surface area contributed by atoms with E-state index < -0.39 is 11.9 Å². The first kappa shape index (κ1) is 15.3. The van der Waals surface area contributed by atoms with Crippen molar-refractivity contribution in [2.24, 2.45) is 17.8 Å². The molecule has 0 spiro atoms. The fourth-order valence-electron chi connectivity index (χ4n) is 3.48. The predicted octanol–water partition coefficient (Wildman–Crippen LogP) is 1.81. The number of amides is 1. The SMILES string of the molecule is CCC1OCCC1CNC(=O)C1CCCCC1C(=O)O. The smallest absolute Gasteiger partial charge is 0.307 e. The van der Waals surface area contributed by atoms with Crippen molar-refractivity contribution in [3.8, 4) is 0 Å². The van der Waals surface area contributed by atoms with Crippen LogP contribution in [0.15, 0.2) is 0 Å². The lowest BCUT2D eigenvalue weighted by atomic mass is 9.78. The highest BCUT2D eigenvalue weighted by Gasteiger charge is 2.36. The first-order valence-corrected chi connectivity index (χ1v) is 7.75. The van der Waals surface area contributed by atoms with E-state index in [1.807, 2.05) is 0 Å². The zero-order valence-electron chi connectivity index (χ0n) is 12.1. The summed E-state index contributed by atoms with van der Waals surface area (Å²) in [6.45, 7) is 3.47. The third-order valence-corrected chi connectivity index (χ3v) is 4.71. The second-order valence-electron chi connectivity index (χ2n) is 5.95. The molecule has 4 atom stereocenters. The van der Waals surface area contributed by atoms with Crippen LogP contribution >= 0.6 is 0 Å². The quantitative estimate of drug-likeness (QED) is 0.807. The molecule has 1 amide bonds. The molecule has 4 unspecified atom stereocenters. The molecule has 0 aromatic heterocycles. The highest BCUT2D eigenvalue weighted by molar-refractivity contribution is 5.84. The lowest BCUT2D eigenvalue weighted by molar-refractivity contribution is -0.149. The molecule has 2 fully saturated rings. The maximum atomic E-state index is 12.2. The van der Waals surface area contributed by atoms with Crippen LogP contribution in [0.25, 0.3) is 0 Å². The molecule has 0 aromatic carbocycles. The van der Waals surface area contributed by atoms with Crippen LogP contribution in [-0.2, 0) is 14.3 Å². The molecule has 0 radical (unpaired) electrons. The number of nitrogens with one attached hydrogen (secondary N) is 1. The van der Waals surface area contributed by atoms with Gasteiger partial charge in [-0.1, -0.05) is 19.8 Å². The van der Waals surface area contributed by atoms with Gasteiger partial charge in [-0.05, 0) is 25.7 Å². The normalized spacial score (nSPS) is 33.9. The summed E-state index contributed by atoms with van der Waals surface area (Å²) in [5, 5.41) is 12.2. The maximum absolute atomic E-state index is 12.2. The van der Waals surface area contributed by atoms with Gasteiger partial charge in [0.1, 0.15) is 0 Å². The lowest BCUT2D eigenvalue weighted by Gasteiger charge is -2.28. The van der Waals surface area contributed by atoms with Gasteiger partial charge in [-0.15, -0.1) is 0 Å². The van der Waals surface area contributed by atoms with E-state index in [1.165, 1.54) is 0 Å². The van der Waals surface area contributed by atoms with Crippen LogP contribution < -0.4 is 5.32 Å². The average molecular weight is 283 g/mol. The van der Waals surface area contributed by atoms with Crippen LogP contribution in [0.1, 0.15) is 45.4 Å². The third kappa shape index (κ3) is 3.51. The molecule has 5 nitrogen and oxygen atoms in total. The van der Waals surface area contributed by atoms with Crippen molar-refractivity contribution in [1.82, 2.24) is 5.32 Å². The van der Waals surface area contributed by atoms with E-state index in [0.717, 1.165) is 32.3 Å². The second-order valence-corrected chi connectivity index (χ2v) is 5.95. The number of hydrogen-bond acceptors (Lipinski definition) is 3. The molecule has 5 heteroatoms. The minimum atomic E-state index is -0.833. The van der Waals surface area contributed by atoms with Crippen LogP contribution in [0, 0.1) is 17.8 Å². The molecule has 1 aliphatic heterocycles. The molecular weight excluding hydrogens is 258 g/mol. The topological polar surface area (TPSA) is 75.6 Å². The van der Waals surface area contributed by atoms with Crippen LogP contribution in [-0.4, -0.2) is 36.2 Å². The van der Waals surface area contributed by atoms with Crippen LogP contribution in [0.2, 0.25) is 0 Å². The van der Waals surface area contributed by atoms with Gasteiger partial charge in [0, 0.05) is 19.1 Å². The van der Waals surface area contributed by atoms with Crippen molar-refractivity contribution in [2.45, 2.75) is 51.6 Å². The van der Waals surface area contributed by atoms with Gasteiger partial charge >= 0.3 is 5.97 Å². The van der Waals surface area contributed by atoms with Crippen LogP contribution in [0.3, 0.4) is 0 Å². The van der Waals surface area contributed by atoms with Crippen molar-refractivity contribution in [1.29, 1.82) is 0 Å². The van der Waals surface area contributed by atoms with Gasteiger partial charge in [-0.25, -0.2) is 0 Å². The molecule has 1 heterocycles. The molecule has 2 aliphatic rings. The number of rotatable bonds is 5. The average Bonchev–Trinajstić information content (AvgIpc) is 2.92. The Labute approximate surface area is 120 Å². The highest BCUT2D eigenvalue weighted by atomic mass is 16.5. The fourth-order valence-corrected chi connectivity index (χ4v) is 3.48. The monoisotopic (exact) mass is 283 g/mol. The third-order valence-electron chi connectivity index (χ3n) is 4.71. The Hall–Kier alpha value is -1.10. The van der Waals surface area contributed by atoms with Crippen molar-refractivity contribution in [3.05, 3.63) is 0 Å². The van der Waals surface area contributed by atoms with Gasteiger partial charge in [0.15, 0.2) is 0 Å². The van der Waals surface area contributed by atoms with E-state index in [1.54, 1.807) is 0 Å². The summed E-state index contributed by atoms with van der Waals surface area (Å²) in [7, 11) is 0. The van der Waals surface area contributed by atoms with Gasteiger partial charge in [-0.2, -0.15) is 0 Å². The van der Waals surface area contributed by atoms with Crippen molar-refractivity contribution in [3.63, 3.8) is 0 Å². The van der Waals surface area contributed by atoms with Gasteiger partial charge in [0.05, 0.1) is 17.9 Å². The Balaban J connectivity index is 1.85. The van der Waals surface area contributed by atoms with Gasteiger partial charge < -0.3 is 15.2 Å². The fraction of sp³-hybridized carbons (Fsp3) is 0.867. The number of carbonyl (C=O) groups excluding carboxylic acids is 1. The number of aliphatic carboxylic acids is 1. The van der Waals surface area contributed by atoms with E-state index >= 15 is 0 Å². The van der Waals surface area contributed by atoms with Gasteiger partial charge in [0.2, 0.25) is 5.91 Å². The molecule has 114 valence electrons. The molecular formula is C15H25NO4. The van der Waals surface area contributed by atoms with E-state index in [2.05, 4.69) is 12.2 Å². The zero-order chi connectivity index (χ0) is 14.5. The summed E-state index contributed by atoms with van der Waals surface area (Å²) in [4.78, 5) is 23.5. The molecule has 1 aliphatic carbocycles. The summed E-state index contributed by atoms with van der Waals surface area (Å²) in [6.07, 6.45) is 5.35. The Bertz CT molecular complexity index is 358. The summed E-state index contributed by atoms with van der Waals surface area (Å²) in [5.41, 5.74) is 0. The zero-order valence-corrected chi connectivity index (χ0v) is 12.1. The minimum absolute atomic E-state index is 0.0844. The Morgan fingerprint density at radius 2 is 1.90 bits per heavy atom. The molecule has 20 heavy (non-hydrogen) atoms. The lowest BCUT2D eigenvalue weighted by Crippen LogP contribution is -2.42. The van der Waals surface area contributed by atoms with E-state index in [0.29, 0.717) is 25.3 Å². The van der Waals surface area contributed by atoms with Crippen molar-refractivity contribution in [2.75, 3.05) is 13.2 Å². The highest BCUT2D eigenvalue weighted by Crippen LogP contribution is 2.30. The summed E-state index contributed by atoms with van der Waals surface area (Å²) >= 11 is 0. The first-order chi connectivity index (χ1) is 9.63. The minimum Gasteiger partial charge on any atom is -0.481 e. The van der Waals surface area contributed by atoms with Gasteiger partial charge in [-0.3, -0.25) is 9.59 Å². The molecule has 2 rings (SSSR count). The molecule has 0 bridgehead atoms. The number of carboxylic acid groups (broad SMARTS) is 1. The number of carbonyl (C=O) groups is 2. The Morgan fingerprint density at radius 3 is 2.55 bits per heavy atom. The number of hydrogen-bond donors (Lipinski definition) is 2. The standard InChI is InChI=1S/C15H25NO4/c1-2-13-10(7-8-20-13)9-16-14(17)11-5-3-4-6-12(11)15(18)19/h10-13H,2-9H2,1H3,(H,16,17)(H,18,19). The molecule has 0 aromatic rings. The molecule has 1 saturated carbocycles. The summed E-state index contributed by atoms with van der Waals surface area (Å²) in [6, 6.07) is 0. The number of carboxylic acids is 1. The largest absolute Gasteiger partial charge is 0.481 e. The van der Waals surface area contributed by atoms with Gasteiger partial charge in [0.25, 0.3) is 0 Å². The molecule has 1 saturated heterocycles. The van der Waals surface area contributed by atoms with E-state index in [-0.39, 0.29) is 17.9 Å². The van der Waals surface area contributed by atoms with E-state index in [4.69, 9.17) is 4.74 Å². The summed E-state index contributed by atoms with van der Waals surface area (Å²) < 4.78 is 5.61. The summed E-state index contributed by atoms with van der Waals surface area (Å²) in [5.74, 6) is -1.41. The Kier molecular flexibility index (Phi) is 5.40.